The number of pyridine rings is 1. The number of fused-ring (bicyclic) bond motifs is 1. The molecule has 1 aromatic carbocycles. The van der Waals surface area contributed by atoms with Gasteiger partial charge in [0.15, 0.2) is 10.9 Å². The Labute approximate surface area is 241 Å². The smallest absolute Gasteiger partial charge is 0.433 e. The molecule has 0 bridgehead atoms. The summed E-state index contributed by atoms with van der Waals surface area (Å²) < 4.78 is 48.2. The van der Waals surface area contributed by atoms with Crippen molar-refractivity contribution in [2.24, 2.45) is 5.92 Å². The number of benzene rings is 1. The Balaban J connectivity index is 1.50. The van der Waals surface area contributed by atoms with Crippen molar-refractivity contribution in [3.63, 3.8) is 0 Å². The van der Waals surface area contributed by atoms with Gasteiger partial charge in [-0.3, -0.25) is 4.90 Å². The molecule has 41 heavy (non-hydrogen) atoms. The van der Waals surface area contributed by atoms with Crippen LogP contribution < -0.4 is 15.8 Å². The SMILES string of the molecule is CC(C)CN1CCCC[C@@H]1C(C)(C)Nc1nc(C(F)(F)F)ccc1-c1cc(Oc2cccc3sc(N)nc23)ncn1. The first-order valence-corrected chi connectivity index (χ1v) is 14.5. The third-order valence-electron chi connectivity index (χ3n) is 7.20. The fraction of sp³-hybridized carbons (Fsp3) is 0.448. The molecule has 0 unspecified atom stereocenters. The van der Waals surface area contributed by atoms with Gasteiger partial charge >= 0.3 is 6.18 Å². The van der Waals surface area contributed by atoms with Gasteiger partial charge in [0.05, 0.1) is 10.4 Å². The number of nitrogens with one attached hydrogen (secondary N) is 1. The van der Waals surface area contributed by atoms with Crippen LogP contribution in [0.25, 0.3) is 21.5 Å². The van der Waals surface area contributed by atoms with Crippen LogP contribution in [0.3, 0.4) is 0 Å². The molecule has 3 aromatic heterocycles. The average molecular weight is 586 g/mol. The Morgan fingerprint density at radius 2 is 1.93 bits per heavy atom. The van der Waals surface area contributed by atoms with Crippen molar-refractivity contribution in [2.75, 3.05) is 24.1 Å². The van der Waals surface area contributed by atoms with Gasteiger partial charge in [-0.25, -0.2) is 19.9 Å². The fourth-order valence-electron chi connectivity index (χ4n) is 5.48. The highest BCUT2D eigenvalue weighted by atomic mass is 32.1. The molecule has 1 aliphatic rings. The molecule has 5 rings (SSSR count). The molecule has 218 valence electrons. The first-order valence-electron chi connectivity index (χ1n) is 13.7. The molecule has 1 saturated heterocycles. The average Bonchev–Trinajstić information content (AvgIpc) is 3.29. The topological polar surface area (TPSA) is 102 Å². The van der Waals surface area contributed by atoms with Crippen LogP contribution in [-0.2, 0) is 6.18 Å². The highest BCUT2D eigenvalue weighted by Crippen LogP contribution is 2.38. The number of hydrogen-bond acceptors (Lipinski definition) is 9. The fourth-order valence-corrected chi connectivity index (χ4v) is 6.23. The monoisotopic (exact) mass is 585 g/mol. The first-order chi connectivity index (χ1) is 19.4. The largest absolute Gasteiger partial charge is 0.437 e. The zero-order valence-corrected chi connectivity index (χ0v) is 24.3. The maximum atomic E-state index is 13.8. The molecule has 0 aliphatic carbocycles. The number of piperidine rings is 1. The van der Waals surface area contributed by atoms with Gasteiger partial charge in [0.25, 0.3) is 0 Å². The van der Waals surface area contributed by atoms with E-state index in [0.717, 1.165) is 43.1 Å². The summed E-state index contributed by atoms with van der Waals surface area (Å²) in [5, 5.41) is 3.81. The summed E-state index contributed by atoms with van der Waals surface area (Å²) in [5.74, 6) is 1.26. The second-order valence-electron chi connectivity index (χ2n) is 11.3. The van der Waals surface area contributed by atoms with Crippen molar-refractivity contribution in [1.82, 2.24) is 24.8 Å². The number of thiazole rings is 1. The number of ether oxygens (including phenoxy) is 1. The van der Waals surface area contributed by atoms with Gasteiger partial charge in [0.1, 0.15) is 23.4 Å². The molecule has 12 heteroatoms. The van der Waals surface area contributed by atoms with E-state index >= 15 is 0 Å². The van der Waals surface area contributed by atoms with Crippen molar-refractivity contribution in [3.8, 4) is 22.9 Å². The van der Waals surface area contributed by atoms with Crippen LogP contribution >= 0.6 is 11.3 Å². The minimum absolute atomic E-state index is 0.110. The summed E-state index contributed by atoms with van der Waals surface area (Å²) in [6, 6.07) is 9.56. The standard InChI is InChI=1S/C29H34F3N7OS/c1-17(2)15-39-13-6-5-10-23(39)28(3,4)38-26-18(11-12-22(36-26)29(30,31)32)19-14-24(35-16-34-19)40-20-8-7-9-21-25(20)37-27(33)41-21/h7-9,11-12,14,16-17,23H,5-6,10,13,15H2,1-4H3,(H2,33,37)(H,36,38)/t23-/m1/s1. The van der Waals surface area contributed by atoms with Gasteiger partial charge in [-0.1, -0.05) is 37.7 Å². The van der Waals surface area contributed by atoms with E-state index in [1.54, 1.807) is 12.1 Å². The van der Waals surface area contributed by atoms with Gasteiger partial charge < -0.3 is 15.8 Å². The van der Waals surface area contributed by atoms with Gasteiger partial charge in [-0.05, 0) is 63.4 Å². The van der Waals surface area contributed by atoms with Gasteiger partial charge in [0.2, 0.25) is 5.88 Å². The number of nitrogens with two attached hydrogens (primary N) is 1. The van der Waals surface area contributed by atoms with Gasteiger partial charge in [0, 0.05) is 29.8 Å². The Morgan fingerprint density at radius 3 is 2.68 bits per heavy atom. The third-order valence-corrected chi connectivity index (χ3v) is 8.05. The maximum Gasteiger partial charge on any atom is 0.433 e. The number of aromatic nitrogens is 4. The quantitative estimate of drug-likeness (QED) is 0.223. The summed E-state index contributed by atoms with van der Waals surface area (Å²) in [6.07, 6.45) is -0.159. The number of halogens is 3. The van der Waals surface area contributed by atoms with Crippen molar-refractivity contribution in [2.45, 2.75) is 64.7 Å². The Kier molecular flexibility index (Phi) is 8.06. The summed E-state index contributed by atoms with van der Waals surface area (Å²) in [7, 11) is 0. The van der Waals surface area contributed by atoms with E-state index in [9.17, 15) is 13.2 Å². The van der Waals surface area contributed by atoms with Gasteiger partial charge in [-0.15, -0.1) is 0 Å². The van der Waals surface area contributed by atoms with Crippen LogP contribution in [0, 0.1) is 5.92 Å². The van der Waals surface area contributed by atoms with Crippen LogP contribution in [0.5, 0.6) is 11.6 Å². The van der Waals surface area contributed by atoms with Crippen LogP contribution in [-0.4, -0.2) is 49.5 Å². The zero-order chi connectivity index (χ0) is 29.4. The van der Waals surface area contributed by atoms with E-state index in [-0.39, 0.29) is 17.7 Å². The van der Waals surface area contributed by atoms with Gasteiger partial charge in [-0.2, -0.15) is 13.2 Å². The molecule has 0 spiro atoms. The molecule has 4 aromatic rings. The molecule has 4 heterocycles. The van der Waals surface area contributed by atoms with Crippen LogP contribution in [0.1, 0.15) is 52.7 Å². The number of hydrogen-bond donors (Lipinski definition) is 2. The molecule has 1 fully saturated rings. The number of rotatable bonds is 8. The summed E-state index contributed by atoms with van der Waals surface area (Å²) in [6.45, 7) is 10.3. The highest BCUT2D eigenvalue weighted by Gasteiger charge is 2.38. The minimum atomic E-state index is -4.60. The molecule has 1 aliphatic heterocycles. The third kappa shape index (κ3) is 6.54. The Hall–Kier alpha value is -3.51. The predicted octanol–water partition coefficient (Wildman–Crippen LogP) is 7.24. The van der Waals surface area contributed by atoms with E-state index in [2.05, 4.69) is 44.0 Å². The first kappa shape index (κ1) is 29.0. The number of alkyl halides is 3. The molecule has 0 saturated carbocycles. The Morgan fingerprint density at radius 1 is 1.12 bits per heavy atom. The van der Waals surface area contributed by atoms with Crippen LogP contribution in [0.4, 0.5) is 24.1 Å². The number of nitrogens with zero attached hydrogens (tertiary/aromatic N) is 5. The zero-order valence-electron chi connectivity index (χ0n) is 23.5. The van der Waals surface area contributed by atoms with E-state index in [1.807, 2.05) is 26.0 Å². The second-order valence-corrected chi connectivity index (χ2v) is 12.4. The molecule has 8 nitrogen and oxygen atoms in total. The highest BCUT2D eigenvalue weighted by molar-refractivity contribution is 7.22. The summed E-state index contributed by atoms with van der Waals surface area (Å²) >= 11 is 1.34. The lowest BCUT2D eigenvalue weighted by molar-refractivity contribution is -0.141. The van der Waals surface area contributed by atoms with Crippen LogP contribution in [0.15, 0.2) is 42.7 Å². The number of para-hydroxylation sites is 1. The number of nitrogen functional groups attached to an aromatic ring is 1. The summed E-state index contributed by atoms with van der Waals surface area (Å²) in [4.78, 5) is 19.4. The van der Waals surface area contributed by atoms with Crippen LogP contribution in [0.2, 0.25) is 0 Å². The lowest BCUT2D eigenvalue weighted by Gasteiger charge is -2.46. The van der Waals surface area contributed by atoms with Crippen molar-refractivity contribution in [3.05, 3.63) is 48.4 Å². The predicted molar refractivity (Wildman–Crippen MR) is 156 cm³/mol. The molecular weight excluding hydrogens is 551 g/mol. The molecule has 0 amide bonds. The van der Waals surface area contributed by atoms with E-state index in [1.165, 1.54) is 23.7 Å². The number of anilines is 2. The number of likely N-dealkylation sites (tertiary alicyclic amines) is 1. The molecule has 3 N–H and O–H groups in total. The van der Waals surface area contributed by atoms with E-state index in [0.29, 0.717) is 33.6 Å². The van der Waals surface area contributed by atoms with Crippen molar-refractivity contribution in [1.29, 1.82) is 0 Å². The van der Waals surface area contributed by atoms with Crippen molar-refractivity contribution >= 4 is 32.5 Å². The van der Waals surface area contributed by atoms with E-state index in [4.69, 9.17) is 10.5 Å². The lowest BCUT2D eigenvalue weighted by atomic mass is 9.85. The second kappa shape index (κ2) is 11.4. The molecular formula is C29H34F3N7OS. The Bertz CT molecular complexity index is 1520. The van der Waals surface area contributed by atoms with Crippen molar-refractivity contribution < 1.29 is 17.9 Å². The minimum Gasteiger partial charge on any atom is -0.437 e. The summed E-state index contributed by atoms with van der Waals surface area (Å²) in [5.41, 5.74) is 5.73. The molecule has 0 radical (unpaired) electrons. The lowest BCUT2D eigenvalue weighted by Crippen LogP contribution is -2.56. The molecule has 1 atom stereocenters. The maximum absolute atomic E-state index is 13.8. The van der Waals surface area contributed by atoms with E-state index < -0.39 is 17.4 Å². The normalized spacial score (nSPS) is 16.8.